The van der Waals surface area contributed by atoms with E-state index in [0.29, 0.717) is 0 Å². The summed E-state index contributed by atoms with van der Waals surface area (Å²) in [6.45, 7) is 1.56. The lowest BCUT2D eigenvalue weighted by Crippen LogP contribution is -2.27. The van der Waals surface area contributed by atoms with Gasteiger partial charge in [0.05, 0.1) is 10.9 Å². The minimum absolute atomic E-state index is 0.155. The van der Waals surface area contributed by atoms with Crippen molar-refractivity contribution in [3.8, 4) is 0 Å². The van der Waals surface area contributed by atoms with E-state index in [-0.39, 0.29) is 10.7 Å². The number of tetrazole rings is 1. The first kappa shape index (κ1) is 12.6. The molecule has 0 bridgehead atoms. The lowest BCUT2D eigenvalue weighted by molar-refractivity contribution is 0.557. The Bertz CT molecular complexity index is 628. The first-order valence-corrected chi connectivity index (χ1v) is 6.48. The molecule has 0 aliphatic rings. The quantitative estimate of drug-likeness (QED) is 0.837. The van der Waals surface area contributed by atoms with E-state index in [1.54, 1.807) is 6.92 Å². The molecule has 1 atom stereocenters. The van der Waals surface area contributed by atoms with Gasteiger partial charge in [-0.1, -0.05) is 11.3 Å². The number of nitrogens with one attached hydrogen (secondary N) is 2. The summed E-state index contributed by atoms with van der Waals surface area (Å²) in [5.74, 6) is -0.417. The molecule has 0 saturated carbocycles. The summed E-state index contributed by atoms with van der Waals surface area (Å²) in [5, 5.41) is 12.9. The minimum Gasteiger partial charge on any atom is -0.207 e. The van der Waals surface area contributed by atoms with E-state index in [1.165, 1.54) is 18.2 Å². The van der Waals surface area contributed by atoms with Crippen LogP contribution in [0, 0.1) is 5.82 Å². The SMILES string of the molecule is CC(NS(=O)(=O)c1cccc(F)c1)c1nn[nH]n1. The van der Waals surface area contributed by atoms with Crippen LogP contribution in [0.2, 0.25) is 0 Å². The standard InChI is InChI=1S/C9H10FN5O2S/c1-6(9-11-14-15-12-9)13-18(16,17)8-4-2-3-7(10)5-8/h2-6,13H,1H3,(H,11,12,14,15). The molecule has 1 heterocycles. The number of rotatable bonds is 4. The number of aromatic amines is 1. The second-order valence-electron chi connectivity index (χ2n) is 3.57. The Balaban J connectivity index is 2.22. The minimum atomic E-state index is -3.82. The summed E-state index contributed by atoms with van der Waals surface area (Å²) < 4.78 is 39.2. The Kier molecular flexibility index (Phi) is 3.34. The Morgan fingerprint density at radius 2 is 2.22 bits per heavy atom. The predicted molar refractivity (Wildman–Crippen MR) is 59.3 cm³/mol. The van der Waals surface area contributed by atoms with E-state index in [9.17, 15) is 12.8 Å². The van der Waals surface area contributed by atoms with E-state index >= 15 is 0 Å². The fraction of sp³-hybridized carbons (Fsp3) is 0.222. The van der Waals surface area contributed by atoms with Gasteiger partial charge in [0, 0.05) is 0 Å². The Labute approximate surface area is 102 Å². The number of sulfonamides is 1. The molecule has 9 heteroatoms. The maximum Gasteiger partial charge on any atom is 0.241 e. The number of H-pyrrole nitrogens is 1. The van der Waals surface area contributed by atoms with Crippen LogP contribution >= 0.6 is 0 Å². The number of halogens is 1. The molecule has 18 heavy (non-hydrogen) atoms. The highest BCUT2D eigenvalue weighted by Crippen LogP contribution is 2.14. The number of benzene rings is 1. The van der Waals surface area contributed by atoms with Gasteiger partial charge in [-0.15, -0.1) is 10.2 Å². The number of hydrogen-bond acceptors (Lipinski definition) is 5. The lowest BCUT2D eigenvalue weighted by atomic mass is 10.3. The van der Waals surface area contributed by atoms with Crippen LogP contribution in [0.25, 0.3) is 0 Å². The van der Waals surface area contributed by atoms with Crippen molar-refractivity contribution in [1.29, 1.82) is 0 Å². The molecule has 0 radical (unpaired) electrons. The van der Waals surface area contributed by atoms with Gasteiger partial charge in [-0.2, -0.15) is 5.21 Å². The summed E-state index contributed by atoms with van der Waals surface area (Å²) >= 11 is 0. The van der Waals surface area contributed by atoms with Gasteiger partial charge in [-0.3, -0.25) is 0 Å². The van der Waals surface area contributed by atoms with Crippen LogP contribution < -0.4 is 4.72 Å². The van der Waals surface area contributed by atoms with Gasteiger partial charge in [0.2, 0.25) is 10.0 Å². The van der Waals surface area contributed by atoms with Crippen LogP contribution in [-0.4, -0.2) is 29.0 Å². The van der Waals surface area contributed by atoms with Crippen molar-refractivity contribution in [2.75, 3.05) is 0 Å². The zero-order chi connectivity index (χ0) is 13.2. The van der Waals surface area contributed by atoms with Crippen LogP contribution in [0.4, 0.5) is 4.39 Å². The summed E-state index contributed by atoms with van der Waals surface area (Å²) in [6.07, 6.45) is 0. The number of aromatic nitrogens is 4. The Morgan fingerprint density at radius 3 is 2.83 bits per heavy atom. The average molecular weight is 271 g/mol. The molecule has 2 rings (SSSR count). The van der Waals surface area contributed by atoms with Crippen molar-refractivity contribution < 1.29 is 12.8 Å². The third-order valence-electron chi connectivity index (χ3n) is 2.19. The molecule has 0 saturated heterocycles. The zero-order valence-electron chi connectivity index (χ0n) is 9.33. The molecular weight excluding hydrogens is 261 g/mol. The fourth-order valence-corrected chi connectivity index (χ4v) is 2.57. The molecule has 0 fully saturated rings. The highest BCUT2D eigenvalue weighted by atomic mass is 32.2. The van der Waals surface area contributed by atoms with E-state index in [1.807, 2.05) is 0 Å². The van der Waals surface area contributed by atoms with Crippen molar-refractivity contribution >= 4 is 10.0 Å². The molecular formula is C9H10FN5O2S. The van der Waals surface area contributed by atoms with Gasteiger partial charge in [-0.25, -0.2) is 17.5 Å². The zero-order valence-corrected chi connectivity index (χ0v) is 10.1. The second-order valence-corrected chi connectivity index (χ2v) is 5.28. The van der Waals surface area contributed by atoms with Crippen molar-refractivity contribution in [3.05, 3.63) is 35.9 Å². The molecule has 1 unspecified atom stereocenters. The van der Waals surface area contributed by atoms with Gasteiger partial charge < -0.3 is 0 Å². The highest BCUT2D eigenvalue weighted by Gasteiger charge is 2.20. The van der Waals surface area contributed by atoms with Crippen LogP contribution in [0.5, 0.6) is 0 Å². The van der Waals surface area contributed by atoms with Gasteiger partial charge in [-0.05, 0) is 25.1 Å². The second kappa shape index (κ2) is 4.78. The topological polar surface area (TPSA) is 101 Å². The molecule has 2 N–H and O–H groups in total. The molecule has 96 valence electrons. The fourth-order valence-electron chi connectivity index (χ4n) is 1.34. The van der Waals surface area contributed by atoms with Crippen LogP contribution in [0.1, 0.15) is 18.8 Å². The smallest absolute Gasteiger partial charge is 0.207 e. The molecule has 0 aliphatic heterocycles. The van der Waals surface area contributed by atoms with Gasteiger partial charge in [0.15, 0.2) is 5.82 Å². The first-order valence-electron chi connectivity index (χ1n) is 5.00. The normalized spacial score (nSPS) is 13.4. The van der Waals surface area contributed by atoms with Gasteiger partial charge >= 0.3 is 0 Å². The number of hydrogen-bond donors (Lipinski definition) is 2. The highest BCUT2D eigenvalue weighted by molar-refractivity contribution is 7.89. The molecule has 0 spiro atoms. The summed E-state index contributed by atoms with van der Waals surface area (Å²) in [4.78, 5) is -0.155. The average Bonchev–Trinajstić information content (AvgIpc) is 2.82. The summed E-state index contributed by atoms with van der Waals surface area (Å²) in [7, 11) is -3.82. The molecule has 7 nitrogen and oxygen atoms in total. The summed E-state index contributed by atoms with van der Waals surface area (Å²) in [6, 6.07) is 4.06. The maximum absolute atomic E-state index is 13.0. The molecule has 0 aliphatic carbocycles. The molecule has 0 amide bonds. The third-order valence-corrected chi connectivity index (χ3v) is 3.73. The van der Waals surface area contributed by atoms with E-state index in [2.05, 4.69) is 25.3 Å². The van der Waals surface area contributed by atoms with Crippen molar-refractivity contribution in [2.45, 2.75) is 17.9 Å². The number of nitrogens with zero attached hydrogens (tertiary/aromatic N) is 3. The monoisotopic (exact) mass is 271 g/mol. The third kappa shape index (κ3) is 2.68. The van der Waals surface area contributed by atoms with Gasteiger partial charge in [0.1, 0.15) is 5.82 Å². The maximum atomic E-state index is 13.0. The van der Waals surface area contributed by atoms with E-state index < -0.39 is 21.9 Å². The van der Waals surface area contributed by atoms with Crippen LogP contribution in [-0.2, 0) is 10.0 Å². The van der Waals surface area contributed by atoms with E-state index in [0.717, 1.165) is 6.07 Å². The van der Waals surface area contributed by atoms with Crippen LogP contribution in [0.3, 0.4) is 0 Å². The van der Waals surface area contributed by atoms with Crippen molar-refractivity contribution in [3.63, 3.8) is 0 Å². The first-order chi connectivity index (χ1) is 8.49. The van der Waals surface area contributed by atoms with Gasteiger partial charge in [0.25, 0.3) is 0 Å². The van der Waals surface area contributed by atoms with Crippen molar-refractivity contribution in [1.82, 2.24) is 25.3 Å². The lowest BCUT2D eigenvalue weighted by Gasteiger charge is -2.10. The largest absolute Gasteiger partial charge is 0.241 e. The molecule has 1 aromatic carbocycles. The molecule has 1 aromatic heterocycles. The van der Waals surface area contributed by atoms with Crippen LogP contribution in [0.15, 0.2) is 29.2 Å². The van der Waals surface area contributed by atoms with Crippen molar-refractivity contribution in [2.24, 2.45) is 0 Å². The summed E-state index contributed by atoms with van der Waals surface area (Å²) in [5.41, 5.74) is 0. The van der Waals surface area contributed by atoms with E-state index in [4.69, 9.17) is 0 Å². The Hall–Kier alpha value is -1.87. The predicted octanol–water partition coefficient (Wildman–Crippen LogP) is 0.378. The Morgan fingerprint density at radius 1 is 1.44 bits per heavy atom. The molecule has 2 aromatic rings.